The van der Waals surface area contributed by atoms with Crippen molar-refractivity contribution in [1.29, 1.82) is 0 Å². The maximum absolute atomic E-state index is 13.9. The maximum Gasteiger partial charge on any atom is 0.174 e. The van der Waals surface area contributed by atoms with Gasteiger partial charge in [-0.25, -0.2) is 4.39 Å². The van der Waals surface area contributed by atoms with Gasteiger partial charge < -0.3 is 9.72 Å². The molecule has 2 atom stereocenters. The van der Waals surface area contributed by atoms with Crippen molar-refractivity contribution in [2.75, 3.05) is 26.2 Å². The second-order valence-corrected chi connectivity index (χ2v) is 10.6. The summed E-state index contributed by atoms with van der Waals surface area (Å²) in [7, 11) is 0. The number of aromatic nitrogens is 1. The highest BCUT2D eigenvalue weighted by Gasteiger charge is 2.30. The maximum atomic E-state index is 13.9. The van der Waals surface area contributed by atoms with Crippen LogP contribution in [0.3, 0.4) is 0 Å². The number of H-pyrrole nitrogens is 1. The monoisotopic (exact) mass is 457 g/mol. The molecule has 0 spiro atoms. The van der Waals surface area contributed by atoms with E-state index in [1.54, 1.807) is 25.2 Å². The standard InChI is InChI=1S/C16H21FN2.C10H15NOS/c1-11-8-13-12-6-4-5-7-14(12)18-15(13)9-19(11)10-16(2,3)17;1-2-11-6-5-9(8-11)12-10-4-3-7-13-10/h4-7,11,18H,8-10H2,1-3H3;3-4,7,9H,2,5-6,8H2,1H3. The molecule has 174 valence electrons. The molecule has 2 aliphatic rings. The molecule has 1 saturated heterocycles. The molecule has 0 saturated carbocycles. The van der Waals surface area contributed by atoms with Gasteiger partial charge in [0.2, 0.25) is 0 Å². The lowest BCUT2D eigenvalue weighted by atomic mass is 9.96. The Morgan fingerprint density at radius 2 is 2.03 bits per heavy atom. The number of likely N-dealkylation sites (tertiary alicyclic amines) is 1. The summed E-state index contributed by atoms with van der Waals surface area (Å²) in [5.41, 5.74) is 2.72. The molecule has 1 aromatic carbocycles. The lowest BCUT2D eigenvalue weighted by Gasteiger charge is -2.36. The lowest BCUT2D eigenvalue weighted by Crippen LogP contribution is -2.44. The van der Waals surface area contributed by atoms with Gasteiger partial charge in [-0.05, 0) is 69.3 Å². The number of thiophene rings is 1. The van der Waals surface area contributed by atoms with E-state index in [0.717, 1.165) is 31.1 Å². The Bertz CT molecular complexity index is 994. The minimum Gasteiger partial charge on any atom is -0.479 e. The first-order chi connectivity index (χ1) is 15.3. The van der Waals surface area contributed by atoms with E-state index in [1.165, 1.54) is 35.1 Å². The summed E-state index contributed by atoms with van der Waals surface area (Å²) in [5.74, 6) is 0. The third kappa shape index (κ3) is 5.72. The molecule has 4 heterocycles. The van der Waals surface area contributed by atoms with Gasteiger partial charge in [-0.1, -0.05) is 25.1 Å². The number of nitrogens with zero attached hydrogens (tertiary/aromatic N) is 2. The van der Waals surface area contributed by atoms with Crippen LogP contribution < -0.4 is 4.74 Å². The molecule has 0 bridgehead atoms. The zero-order chi connectivity index (χ0) is 22.7. The van der Waals surface area contributed by atoms with Crippen molar-refractivity contribution in [2.45, 2.75) is 64.9 Å². The smallest absolute Gasteiger partial charge is 0.174 e. The second kappa shape index (κ2) is 9.94. The van der Waals surface area contributed by atoms with Crippen molar-refractivity contribution in [3.05, 3.63) is 53.0 Å². The number of aromatic amines is 1. The summed E-state index contributed by atoms with van der Waals surface area (Å²) in [6.07, 6.45) is 2.58. The van der Waals surface area contributed by atoms with E-state index in [1.807, 2.05) is 12.1 Å². The Morgan fingerprint density at radius 3 is 2.72 bits per heavy atom. The largest absolute Gasteiger partial charge is 0.479 e. The minimum absolute atomic E-state index is 0.390. The fraction of sp³-hybridized carbons (Fsp3) is 0.538. The molecular weight excluding hydrogens is 421 g/mol. The van der Waals surface area contributed by atoms with Crippen molar-refractivity contribution < 1.29 is 9.13 Å². The van der Waals surface area contributed by atoms with Crippen LogP contribution in [0.1, 0.15) is 45.4 Å². The Morgan fingerprint density at radius 1 is 1.22 bits per heavy atom. The van der Waals surface area contributed by atoms with Gasteiger partial charge >= 0.3 is 0 Å². The quantitative estimate of drug-likeness (QED) is 0.519. The number of benzene rings is 1. The van der Waals surface area contributed by atoms with E-state index >= 15 is 0 Å². The average Bonchev–Trinajstić information content (AvgIpc) is 3.48. The van der Waals surface area contributed by atoms with Crippen molar-refractivity contribution >= 4 is 22.2 Å². The topological polar surface area (TPSA) is 31.5 Å². The van der Waals surface area contributed by atoms with Gasteiger partial charge in [0, 0.05) is 48.8 Å². The highest BCUT2D eigenvalue weighted by atomic mass is 32.1. The van der Waals surface area contributed by atoms with Crippen LogP contribution in [0, 0.1) is 0 Å². The van der Waals surface area contributed by atoms with Crippen LogP contribution in [0.5, 0.6) is 5.06 Å². The number of halogens is 1. The molecule has 4 nitrogen and oxygen atoms in total. The fourth-order valence-electron chi connectivity index (χ4n) is 4.78. The summed E-state index contributed by atoms with van der Waals surface area (Å²) in [6.45, 7) is 12.4. The number of fused-ring (bicyclic) bond motifs is 3. The molecule has 1 fully saturated rings. The fourth-order valence-corrected chi connectivity index (χ4v) is 5.42. The first kappa shape index (κ1) is 23.3. The molecule has 1 N–H and O–H groups in total. The van der Waals surface area contributed by atoms with Crippen LogP contribution >= 0.6 is 11.3 Å². The minimum atomic E-state index is -1.14. The molecule has 2 aliphatic heterocycles. The third-order valence-electron chi connectivity index (χ3n) is 6.42. The Kier molecular flexibility index (Phi) is 7.23. The number of alkyl halides is 1. The highest BCUT2D eigenvalue weighted by molar-refractivity contribution is 7.11. The van der Waals surface area contributed by atoms with Crippen LogP contribution in [0.25, 0.3) is 10.9 Å². The van der Waals surface area contributed by atoms with Crippen molar-refractivity contribution in [2.24, 2.45) is 0 Å². The Balaban J connectivity index is 0.000000165. The summed E-state index contributed by atoms with van der Waals surface area (Å²) in [5, 5.41) is 4.44. The van der Waals surface area contributed by atoms with Gasteiger partial charge in [-0.15, -0.1) is 11.3 Å². The van der Waals surface area contributed by atoms with Crippen molar-refractivity contribution in [1.82, 2.24) is 14.8 Å². The molecule has 3 aromatic rings. The van der Waals surface area contributed by atoms with E-state index in [0.29, 0.717) is 18.7 Å². The Labute approximate surface area is 195 Å². The molecular formula is C26H36FN3OS. The van der Waals surface area contributed by atoms with Crippen molar-refractivity contribution in [3.63, 3.8) is 0 Å². The van der Waals surface area contributed by atoms with Gasteiger partial charge in [-0.3, -0.25) is 9.80 Å². The molecule has 2 aromatic heterocycles. The molecule has 5 rings (SSSR count). The summed E-state index contributed by atoms with van der Waals surface area (Å²) < 4.78 is 19.7. The van der Waals surface area contributed by atoms with E-state index in [2.05, 4.69) is 58.3 Å². The van der Waals surface area contributed by atoms with Crippen LogP contribution in [0.15, 0.2) is 41.8 Å². The number of hydrogen-bond donors (Lipinski definition) is 1. The van der Waals surface area contributed by atoms with Gasteiger partial charge in [-0.2, -0.15) is 0 Å². The van der Waals surface area contributed by atoms with Gasteiger partial charge in [0.25, 0.3) is 0 Å². The summed E-state index contributed by atoms with van der Waals surface area (Å²) in [6, 6.07) is 12.9. The SMILES string of the molecule is CC1Cc2c([nH]c3ccccc23)CN1CC(C)(C)F.CCN1CCC(Oc2cccs2)C1. The van der Waals surface area contributed by atoms with Crippen molar-refractivity contribution in [3.8, 4) is 5.06 Å². The predicted molar refractivity (Wildman–Crippen MR) is 133 cm³/mol. The number of rotatable bonds is 5. The molecule has 6 heteroatoms. The van der Waals surface area contributed by atoms with Crippen LogP contribution in [-0.4, -0.2) is 58.8 Å². The number of ether oxygens (including phenoxy) is 1. The summed E-state index contributed by atoms with van der Waals surface area (Å²) >= 11 is 1.68. The first-order valence-electron chi connectivity index (χ1n) is 11.8. The lowest BCUT2D eigenvalue weighted by molar-refractivity contribution is 0.0853. The zero-order valence-electron chi connectivity index (χ0n) is 19.7. The average molecular weight is 458 g/mol. The van der Waals surface area contributed by atoms with Gasteiger partial charge in [0.05, 0.1) is 0 Å². The van der Waals surface area contributed by atoms with Crippen LogP contribution in [0.2, 0.25) is 0 Å². The normalized spacial score (nSPS) is 21.9. The van der Waals surface area contributed by atoms with Crippen LogP contribution in [-0.2, 0) is 13.0 Å². The first-order valence-corrected chi connectivity index (χ1v) is 12.6. The molecule has 2 unspecified atom stereocenters. The van der Waals surface area contributed by atoms with Gasteiger partial charge in [0.1, 0.15) is 11.8 Å². The van der Waals surface area contributed by atoms with E-state index in [-0.39, 0.29) is 0 Å². The zero-order valence-corrected chi connectivity index (χ0v) is 20.6. The molecule has 0 radical (unpaired) electrons. The molecule has 0 aliphatic carbocycles. The number of para-hydroxylation sites is 1. The number of likely N-dealkylation sites (N-methyl/N-ethyl adjacent to an activating group) is 1. The molecule has 0 amide bonds. The number of hydrogen-bond acceptors (Lipinski definition) is 4. The molecule has 32 heavy (non-hydrogen) atoms. The van der Waals surface area contributed by atoms with Gasteiger partial charge in [0.15, 0.2) is 5.06 Å². The highest BCUT2D eigenvalue weighted by Crippen LogP contribution is 2.31. The van der Waals surface area contributed by atoms with E-state index < -0.39 is 5.67 Å². The third-order valence-corrected chi connectivity index (χ3v) is 7.18. The van der Waals surface area contributed by atoms with E-state index in [4.69, 9.17) is 4.74 Å². The van der Waals surface area contributed by atoms with E-state index in [9.17, 15) is 4.39 Å². The van der Waals surface area contributed by atoms with Crippen LogP contribution in [0.4, 0.5) is 4.39 Å². The second-order valence-electron chi connectivity index (χ2n) is 9.66. The Hall–Kier alpha value is -1.89. The number of nitrogens with one attached hydrogen (secondary N) is 1. The predicted octanol–water partition coefficient (Wildman–Crippen LogP) is 5.88. The summed E-state index contributed by atoms with van der Waals surface area (Å²) in [4.78, 5) is 8.15.